The van der Waals surface area contributed by atoms with Crippen molar-refractivity contribution in [2.45, 2.75) is 24.7 Å². The number of methoxy groups -OCH3 is 1. The van der Waals surface area contributed by atoms with Crippen LogP contribution < -0.4 is 10.9 Å². The molecule has 0 saturated heterocycles. The lowest BCUT2D eigenvalue weighted by Gasteiger charge is -2.14. The van der Waals surface area contributed by atoms with E-state index in [1.165, 1.54) is 24.9 Å². The second-order valence-corrected chi connectivity index (χ2v) is 8.64. The molecule has 0 fully saturated rings. The van der Waals surface area contributed by atoms with Crippen LogP contribution in [0.15, 0.2) is 82.9 Å². The third-order valence-corrected chi connectivity index (χ3v) is 6.31. The molecule has 2 aromatic heterocycles. The summed E-state index contributed by atoms with van der Waals surface area (Å²) in [7, 11) is 1.30. The smallest absolute Gasteiger partial charge is 0.337 e. The topological polar surface area (TPSA) is 103 Å². The summed E-state index contributed by atoms with van der Waals surface area (Å²) in [6.45, 7) is 0.719. The van der Waals surface area contributed by atoms with E-state index in [4.69, 9.17) is 4.74 Å². The molecular formula is C26H24N4O4S. The lowest BCUT2D eigenvalue weighted by molar-refractivity contribution is -0.118. The van der Waals surface area contributed by atoms with Crippen molar-refractivity contribution in [2.75, 3.05) is 12.9 Å². The van der Waals surface area contributed by atoms with E-state index in [1.54, 1.807) is 22.9 Å². The summed E-state index contributed by atoms with van der Waals surface area (Å²) in [5.41, 5.74) is 2.30. The number of hydrogen-bond acceptors (Lipinski definition) is 7. The van der Waals surface area contributed by atoms with E-state index in [0.717, 1.165) is 11.3 Å². The number of nitrogens with zero attached hydrogens (tertiary/aromatic N) is 3. The van der Waals surface area contributed by atoms with Gasteiger partial charge in [0.2, 0.25) is 5.91 Å². The highest BCUT2D eigenvalue weighted by Gasteiger charge is 2.16. The van der Waals surface area contributed by atoms with Gasteiger partial charge in [0.05, 0.1) is 41.6 Å². The molecule has 8 nitrogen and oxygen atoms in total. The fourth-order valence-corrected chi connectivity index (χ4v) is 4.37. The standard InChI is InChI=1S/C26H24N4O4S/c1-34-25(33)19-10-11-21-22(15-19)29-26(30(24(21)32)14-12-18-7-3-2-4-8-18)35-17-23(31)28-16-20-9-5-6-13-27-20/h2-11,13,15H,12,14,16-17H2,1H3,(H,28,31). The van der Waals surface area contributed by atoms with Gasteiger partial charge in [-0.05, 0) is 42.3 Å². The van der Waals surface area contributed by atoms with Crippen molar-refractivity contribution in [3.63, 3.8) is 0 Å². The van der Waals surface area contributed by atoms with Crippen LogP contribution in [0.25, 0.3) is 10.9 Å². The van der Waals surface area contributed by atoms with Crippen molar-refractivity contribution < 1.29 is 14.3 Å². The van der Waals surface area contributed by atoms with Gasteiger partial charge in [-0.2, -0.15) is 0 Å². The van der Waals surface area contributed by atoms with Crippen molar-refractivity contribution in [1.82, 2.24) is 19.9 Å². The summed E-state index contributed by atoms with van der Waals surface area (Å²) in [4.78, 5) is 46.6. The SMILES string of the molecule is COC(=O)c1ccc2c(=O)n(CCc3ccccc3)c(SCC(=O)NCc3ccccn3)nc2c1. The number of amides is 1. The number of carbonyl (C=O) groups excluding carboxylic acids is 2. The molecule has 0 radical (unpaired) electrons. The Bertz CT molecular complexity index is 1390. The molecule has 178 valence electrons. The first kappa shape index (κ1) is 24.2. The fraction of sp³-hybridized carbons (Fsp3) is 0.192. The Kier molecular flexibility index (Phi) is 7.89. The average molecular weight is 489 g/mol. The monoisotopic (exact) mass is 488 g/mol. The van der Waals surface area contributed by atoms with Gasteiger partial charge in [0.25, 0.3) is 5.56 Å². The summed E-state index contributed by atoms with van der Waals surface area (Å²) in [6.07, 6.45) is 2.30. The molecule has 0 unspecified atom stereocenters. The van der Waals surface area contributed by atoms with Crippen LogP contribution in [0.5, 0.6) is 0 Å². The molecule has 0 atom stereocenters. The molecule has 1 amide bonds. The predicted molar refractivity (Wildman–Crippen MR) is 134 cm³/mol. The van der Waals surface area contributed by atoms with E-state index in [2.05, 4.69) is 15.3 Å². The molecule has 0 aliphatic carbocycles. The molecule has 4 aromatic rings. The number of rotatable bonds is 9. The molecule has 2 aromatic carbocycles. The van der Waals surface area contributed by atoms with Gasteiger partial charge in [0, 0.05) is 12.7 Å². The highest BCUT2D eigenvalue weighted by atomic mass is 32.2. The number of benzene rings is 2. The van der Waals surface area contributed by atoms with E-state index in [9.17, 15) is 14.4 Å². The van der Waals surface area contributed by atoms with E-state index in [-0.39, 0.29) is 17.2 Å². The van der Waals surface area contributed by atoms with Crippen LogP contribution in [-0.4, -0.2) is 39.3 Å². The number of hydrogen-bond donors (Lipinski definition) is 1. The van der Waals surface area contributed by atoms with E-state index < -0.39 is 5.97 Å². The minimum Gasteiger partial charge on any atom is -0.465 e. The number of aryl methyl sites for hydroxylation is 1. The number of thioether (sulfide) groups is 1. The maximum Gasteiger partial charge on any atom is 0.337 e. The zero-order valence-electron chi connectivity index (χ0n) is 19.1. The number of fused-ring (bicyclic) bond motifs is 1. The van der Waals surface area contributed by atoms with E-state index in [1.807, 2.05) is 48.5 Å². The Morgan fingerprint density at radius 2 is 1.86 bits per heavy atom. The zero-order chi connectivity index (χ0) is 24.6. The summed E-state index contributed by atoms with van der Waals surface area (Å²) < 4.78 is 6.37. The van der Waals surface area contributed by atoms with Crippen LogP contribution >= 0.6 is 11.8 Å². The Labute approximate surface area is 206 Å². The lowest BCUT2D eigenvalue weighted by Crippen LogP contribution is -2.27. The number of aromatic nitrogens is 3. The minimum atomic E-state index is -0.509. The van der Waals surface area contributed by atoms with Gasteiger partial charge < -0.3 is 10.1 Å². The van der Waals surface area contributed by atoms with Crippen molar-refractivity contribution in [1.29, 1.82) is 0 Å². The summed E-state index contributed by atoms with van der Waals surface area (Å²) in [6, 6.07) is 20.0. The molecule has 4 rings (SSSR count). The molecule has 0 saturated carbocycles. The first-order valence-electron chi connectivity index (χ1n) is 11.0. The molecular weight excluding hydrogens is 464 g/mol. The van der Waals surface area contributed by atoms with Crippen LogP contribution in [-0.2, 0) is 29.0 Å². The van der Waals surface area contributed by atoms with Gasteiger partial charge >= 0.3 is 5.97 Å². The Morgan fingerprint density at radius 1 is 1.06 bits per heavy atom. The second kappa shape index (κ2) is 11.4. The largest absolute Gasteiger partial charge is 0.465 e. The van der Waals surface area contributed by atoms with E-state index >= 15 is 0 Å². The number of carbonyl (C=O) groups is 2. The minimum absolute atomic E-state index is 0.0762. The highest BCUT2D eigenvalue weighted by Crippen LogP contribution is 2.20. The van der Waals surface area contributed by atoms with Gasteiger partial charge in [-0.25, -0.2) is 9.78 Å². The van der Waals surface area contributed by atoms with E-state index in [0.29, 0.717) is 41.1 Å². The van der Waals surface area contributed by atoms with Crippen molar-refractivity contribution in [2.24, 2.45) is 0 Å². The normalized spacial score (nSPS) is 10.8. The summed E-state index contributed by atoms with van der Waals surface area (Å²) >= 11 is 1.18. The van der Waals surface area contributed by atoms with Gasteiger partial charge in [-0.15, -0.1) is 0 Å². The molecule has 0 aliphatic heterocycles. The van der Waals surface area contributed by atoms with Gasteiger partial charge in [0.1, 0.15) is 0 Å². The summed E-state index contributed by atoms with van der Waals surface area (Å²) in [5.74, 6) is -0.634. The van der Waals surface area contributed by atoms with Gasteiger partial charge in [0.15, 0.2) is 5.16 Å². The predicted octanol–water partition coefficient (Wildman–Crippen LogP) is 3.23. The fourth-order valence-electron chi connectivity index (χ4n) is 3.51. The molecule has 35 heavy (non-hydrogen) atoms. The highest BCUT2D eigenvalue weighted by molar-refractivity contribution is 7.99. The van der Waals surface area contributed by atoms with Crippen LogP contribution in [0.3, 0.4) is 0 Å². The number of nitrogens with one attached hydrogen (secondary N) is 1. The molecule has 0 spiro atoms. The molecule has 2 heterocycles. The third-order valence-electron chi connectivity index (χ3n) is 5.33. The van der Waals surface area contributed by atoms with Crippen molar-refractivity contribution in [3.05, 3.63) is 100 Å². The second-order valence-electron chi connectivity index (χ2n) is 7.70. The lowest BCUT2D eigenvalue weighted by atomic mass is 10.1. The number of pyridine rings is 1. The maximum atomic E-state index is 13.4. The first-order valence-corrected chi connectivity index (χ1v) is 12.0. The quantitative estimate of drug-likeness (QED) is 0.219. The molecule has 1 N–H and O–H groups in total. The van der Waals surface area contributed by atoms with Crippen molar-refractivity contribution >= 4 is 34.5 Å². The molecule has 0 bridgehead atoms. The maximum absolute atomic E-state index is 13.4. The number of esters is 1. The summed E-state index contributed by atoms with van der Waals surface area (Å²) in [5, 5.41) is 3.64. The first-order chi connectivity index (χ1) is 17.0. The van der Waals surface area contributed by atoms with Crippen LogP contribution in [0.4, 0.5) is 0 Å². The zero-order valence-corrected chi connectivity index (χ0v) is 20.0. The van der Waals surface area contributed by atoms with Gasteiger partial charge in [-0.1, -0.05) is 48.2 Å². The molecule has 0 aliphatic rings. The van der Waals surface area contributed by atoms with Crippen LogP contribution in [0, 0.1) is 0 Å². The van der Waals surface area contributed by atoms with Crippen LogP contribution in [0.1, 0.15) is 21.6 Å². The number of ether oxygens (including phenoxy) is 1. The molecule has 9 heteroatoms. The average Bonchev–Trinajstić information content (AvgIpc) is 2.90. The Balaban J connectivity index is 1.59. The van der Waals surface area contributed by atoms with Gasteiger partial charge in [-0.3, -0.25) is 19.1 Å². The third kappa shape index (κ3) is 6.13. The van der Waals surface area contributed by atoms with Crippen LogP contribution in [0.2, 0.25) is 0 Å². The Morgan fingerprint density at radius 3 is 2.60 bits per heavy atom. The Hall–Kier alpha value is -3.98. The van der Waals surface area contributed by atoms with Crippen molar-refractivity contribution in [3.8, 4) is 0 Å².